The molecule has 3 rings (SSSR count). The smallest absolute Gasteiger partial charge is 0.246 e. The van der Waals surface area contributed by atoms with E-state index in [9.17, 15) is 47.9 Å². The first-order valence-corrected chi connectivity index (χ1v) is 30.0. The van der Waals surface area contributed by atoms with Crippen molar-refractivity contribution in [1.29, 1.82) is 0 Å². The molecule has 10 amide bonds. The van der Waals surface area contributed by atoms with Crippen molar-refractivity contribution in [2.75, 3.05) is 53.4 Å². The molecule has 1 saturated carbocycles. The van der Waals surface area contributed by atoms with Gasteiger partial charge in [-0.1, -0.05) is 77.9 Å². The molecule has 2 bridgehead atoms. The third kappa shape index (κ3) is 20.4. The zero-order chi connectivity index (χ0) is 61.2. The lowest BCUT2D eigenvalue weighted by atomic mass is 9.70. The molecule has 0 spiro atoms. The second-order valence-electron chi connectivity index (χ2n) is 26.0. The number of amides is 10. The van der Waals surface area contributed by atoms with Crippen molar-refractivity contribution in [1.82, 2.24) is 56.8 Å². The fraction of sp³-hybridized carbons (Fsp3) is 0.800. The first-order chi connectivity index (χ1) is 37.7. The van der Waals surface area contributed by atoms with Gasteiger partial charge >= 0.3 is 0 Å². The molecule has 81 heavy (non-hydrogen) atoms. The molecule has 5 atom stereocenters. The number of hydrogen-bond donors (Lipinski definition) is 7. The van der Waals surface area contributed by atoms with Gasteiger partial charge in [0.15, 0.2) is 0 Å². The van der Waals surface area contributed by atoms with Crippen molar-refractivity contribution in [2.45, 2.75) is 240 Å². The van der Waals surface area contributed by atoms with Crippen LogP contribution in [-0.4, -0.2) is 179 Å². The molecule has 21 nitrogen and oxygen atoms in total. The van der Waals surface area contributed by atoms with E-state index in [1.165, 1.54) is 43.1 Å². The van der Waals surface area contributed by atoms with E-state index in [-0.39, 0.29) is 43.0 Å². The molecule has 2 aliphatic carbocycles. The van der Waals surface area contributed by atoms with E-state index in [2.05, 4.69) is 57.1 Å². The Kier molecular flexibility index (Phi) is 26.8. The van der Waals surface area contributed by atoms with E-state index >= 15 is 0 Å². The fourth-order valence-electron chi connectivity index (χ4n) is 11.7. The number of fused-ring (bicyclic) bond motifs is 2. The standard InChI is InChI=1S/C60H105N11O10/c1-17-18-19-20-21-22-24-44(65-51(76)45-25-23-31-69(45)56(81)60-28-26-43(36-60)34-42(8)35-60)50(75)63-38-49(74)71(41(6)7)59(13,14)55(80)64-37-48(73)70(40(4)5)46(33-39(2)3)52(77)66-58(11,12)54(79)67-57(9,10)53(78)62-29-27-47(72)61-30-32-68(15)16/h26,39-42,44-46H,17-25,27-38H2,1-16H3,(H,61,72)(H,62,78)(H,63,75)(H,64,80)(H,65,76)(H,66,77)(H,67,79)/t42?,44-,45-,46-,60?/m0/s1. The van der Waals surface area contributed by atoms with Gasteiger partial charge < -0.3 is 56.8 Å². The molecule has 0 aromatic heterocycles. The van der Waals surface area contributed by atoms with Crippen LogP contribution in [0.1, 0.15) is 193 Å². The van der Waals surface area contributed by atoms with E-state index in [0.29, 0.717) is 57.7 Å². The van der Waals surface area contributed by atoms with Crippen LogP contribution in [0.5, 0.6) is 0 Å². The highest BCUT2D eigenvalue weighted by atomic mass is 16.2. The minimum absolute atomic E-state index is 0.0155. The van der Waals surface area contributed by atoms with Crippen LogP contribution in [0.3, 0.4) is 0 Å². The average Bonchev–Trinajstić information content (AvgIpc) is 3.99. The SMILES string of the molecule is CCCCCCCC[C@H](NC(=O)[C@@H]1CCCN1C(=O)C12CC=C(CC(C)C1)C2)C(=O)NCC(=O)N(C(C)C)C(C)(C)C(=O)NCC(=O)N(C(C)C)[C@@H](CC(C)C)C(=O)NC(C)(C)C(=O)NC(C)(C)C(=O)NCCC(=O)NCCN(C)C. The summed E-state index contributed by atoms with van der Waals surface area (Å²) < 4.78 is 0. The lowest BCUT2D eigenvalue weighted by Gasteiger charge is -2.41. The number of unbranched alkanes of at least 4 members (excludes halogenated alkanes) is 5. The average molecular weight is 1140 g/mol. The number of likely N-dealkylation sites (N-methyl/N-ethyl adjacent to an activating group) is 1. The van der Waals surface area contributed by atoms with Gasteiger partial charge in [0.1, 0.15) is 34.7 Å². The van der Waals surface area contributed by atoms with Gasteiger partial charge in [-0.25, -0.2) is 0 Å². The number of nitrogens with zero attached hydrogens (tertiary/aromatic N) is 4. The molecule has 21 heteroatoms. The maximum atomic E-state index is 14.3. The van der Waals surface area contributed by atoms with Crippen LogP contribution in [0.15, 0.2) is 11.6 Å². The topological polar surface area (TPSA) is 268 Å². The summed E-state index contributed by atoms with van der Waals surface area (Å²) in [7, 11) is 3.78. The highest BCUT2D eigenvalue weighted by molar-refractivity contribution is 5.99. The summed E-state index contributed by atoms with van der Waals surface area (Å²) >= 11 is 0. The van der Waals surface area contributed by atoms with Crippen molar-refractivity contribution >= 4 is 59.1 Å². The maximum absolute atomic E-state index is 14.3. The van der Waals surface area contributed by atoms with Gasteiger partial charge in [-0.15, -0.1) is 0 Å². The van der Waals surface area contributed by atoms with Crippen LogP contribution in [0.25, 0.3) is 0 Å². The molecular formula is C60H105N11O10. The molecule has 0 aromatic carbocycles. The zero-order valence-corrected chi connectivity index (χ0v) is 52.3. The molecule has 1 saturated heterocycles. The normalized spacial score (nSPS) is 18.9. The third-order valence-electron chi connectivity index (χ3n) is 15.9. The Hall–Kier alpha value is -5.60. The van der Waals surface area contributed by atoms with Crippen LogP contribution in [-0.2, 0) is 47.9 Å². The molecule has 7 N–H and O–H groups in total. The quantitative estimate of drug-likeness (QED) is 0.0361. The third-order valence-corrected chi connectivity index (χ3v) is 15.9. The summed E-state index contributed by atoms with van der Waals surface area (Å²) in [5.41, 5.74) is -3.76. The van der Waals surface area contributed by atoms with Crippen molar-refractivity contribution in [2.24, 2.45) is 17.3 Å². The highest BCUT2D eigenvalue weighted by Crippen LogP contribution is 2.51. The van der Waals surface area contributed by atoms with E-state index in [1.807, 2.05) is 32.8 Å². The van der Waals surface area contributed by atoms with Crippen molar-refractivity contribution in [3.63, 3.8) is 0 Å². The number of hydrogen-bond acceptors (Lipinski definition) is 11. The molecule has 0 aromatic rings. The molecule has 2 fully saturated rings. The van der Waals surface area contributed by atoms with E-state index in [4.69, 9.17) is 0 Å². The van der Waals surface area contributed by atoms with Crippen LogP contribution < -0.4 is 37.2 Å². The van der Waals surface area contributed by atoms with Gasteiger partial charge in [-0.3, -0.25) is 47.9 Å². The predicted molar refractivity (Wildman–Crippen MR) is 314 cm³/mol. The zero-order valence-electron chi connectivity index (χ0n) is 52.3. The summed E-state index contributed by atoms with van der Waals surface area (Å²) in [4.78, 5) is 145. The molecule has 460 valence electrons. The van der Waals surface area contributed by atoms with Crippen LogP contribution in [0.2, 0.25) is 0 Å². The predicted octanol–water partition coefficient (Wildman–Crippen LogP) is 4.22. The Bertz CT molecular complexity index is 2240. The second-order valence-corrected chi connectivity index (χ2v) is 26.0. The Morgan fingerprint density at radius 3 is 1.98 bits per heavy atom. The van der Waals surface area contributed by atoms with Crippen molar-refractivity contribution in [3.05, 3.63) is 11.6 Å². The minimum atomic E-state index is -1.57. The number of likely N-dealkylation sites (tertiary alicyclic amines) is 1. The van der Waals surface area contributed by atoms with Crippen LogP contribution in [0.4, 0.5) is 0 Å². The highest BCUT2D eigenvalue weighted by Gasteiger charge is 2.51. The summed E-state index contributed by atoms with van der Waals surface area (Å²) in [5.74, 6) is -4.51. The van der Waals surface area contributed by atoms with Crippen molar-refractivity contribution in [3.8, 4) is 0 Å². The summed E-state index contributed by atoms with van der Waals surface area (Å²) in [6, 6.07) is -3.84. The van der Waals surface area contributed by atoms with Crippen molar-refractivity contribution < 1.29 is 47.9 Å². The lowest BCUT2D eigenvalue weighted by Crippen LogP contribution is -2.65. The van der Waals surface area contributed by atoms with E-state index in [1.54, 1.807) is 46.4 Å². The monoisotopic (exact) mass is 1140 g/mol. The van der Waals surface area contributed by atoms with Crippen LogP contribution in [0, 0.1) is 17.3 Å². The summed E-state index contributed by atoms with van der Waals surface area (Å²) in [5, 5.41) is 19.4. The maximum Gasteiger partial charge on any atom is 0.246 e. The summed E-state index contributed by atoms with van der Waals surface area (Å²) in [6.07, 6.45) is 12.9. The molecule has 2 unspecified atom stereocenters. The van der Waals surface area contributed by atoms with Gasteiger partial charge in [0.05, 0.1) is 18.5 Å². The van der Waals surface area contributed by atoms with Gasteiger partial charge in [-0.05, 0) is 147 Å². The second kappa shape index (κ2) is 31.2. The largest absolute Gasteiger partial charge is 0.355 e. The Morgan fingerprint density at radius 2 is 1.36 bits per heavy atom. The minimum Gasteiger partial charge on any atom is -0.355 e. The number of rotatable bonds is 33. The number of allylic oxidation sites excluding steroid dienone is 2. The number of carbonyl (C=O) groups is 10. The fourth-order valence-corrected chi connectivity index (χ4v) is 11.7. The van der Waals surface area contributed by atoms with Gasteiger partial charge in [0, 0.05) is 44.7 Å². The molecule has 1 aliphatic heterocycles. The Morgan fingerprint density at radius 1 is 0.728 bits per heavy atom. The van der Waals surface area contributed by atoms with Crippen LogP contribution >= 0.6 is 0 Å². The number of carbonyl (C=O) groups excluding carboxylic acids is 10. The Balaban J connectivity index is 1.70. The molecule has 3 aliphatic rings. The van der Waals surface area contributed by atoms with E-state index in [0.717, 1.165) is 51.4 Å². The molecule has 1 heterocycles. The summed E-state index contributed by atoms with van der Waals surface area (Å²) in [6.45, 7) is 24.7. The first-order valence-electron chi connectivity index (χ1n) is 30.0. The van der Waals surface area contributed by atoms with Gasteiger partial charge in [0.2, 0.25) is 59.1 Å². The number of nitrogens with one attached hydrogen (secondary N) is 7. The van der Waals surface area contributed by atoms with E-state index < -0.39 is 107 Å². The van der Waals surface area contributed by atoms with Gasteiger partial charge in [-0.2, -0.15) is 0 Å². The van der Waals surface area contributed by atoms with Gasteiger partial charge in [0.25, 0.3) is 0 Å². The first kappa shape index (κ1) is 69.7. The Labute approximate surface area is 484 Å². The molecule has 0 radical (unpaired) electrons. The lowest BCUT2D eigenvalue weighted by molar-refractivity contribution is -0.150. The molecular weight excluding hydrogens is 1030 g/mol.